The minimum absolute atomic E-state index is 0.0382. The third-order valence-corrected chi connectivity index (χ3v) is 9.27. The molecule has 3 saturated heterocycles. The number of nitrogens with two attached hydrogens (primary N) is 1. The summed E-state index contributed by atoms with van der Waals surface area (Å²) in [5.41, 5.74) is 5.13. The summed E-state index contributed by atoms with van der Waals surface area (Å²) in [5.74, 6) is -6.23. The molecule has 0 unspecified atom stereocenters. The van der Waals surface area contributed by atoms with Crippen molar-refractivity contribution in [3.05, 3.63) is 28.7 Å². The lowest BCUT2D eigenvalue weighted by molar-refractivity contribution is -0.184. The number of hydrogen-bond acceptors (Lipinski definition) is 12. The molecule has 19 heteroatoms. The lowest BCUT2D eigenvalue weighted by Crippen LogP contribution is -2.62. The topological polar surface area (TPSA) is 200 Å². The van der Waals surface area contributed by atoms with Gasteiger partial charge in [-0.3, -0.25) is 24.1 Å². The van der Waals surface area contributed by atoms with E-state index in [4.69, 9.17) is 5.73 Å². The van der Waals surface area contributed by atoms with Crippen LogP contribution < -0.4 is 5.73 Å². The molecule has 0 bridgehead atoms. The molecule has 4 aliphatic rings. The fraction of sp³-hybridized carbons (Fsp3) is 0.478. The van der Waals surface area contributed by atoms with Gasteiger partial charge in [0.2, 0.25) is 17.6 Å². The zero-order chi connectivity index (χ0) is 30.5. The highest BCUT2D eigenvalue weighted by Crippen LogP contribution is 2.46. The third-order valence-electron chi connectivity index (χ3n) is 7.37. The number of Topliss-reactive ketones (excluding diaryl/α,β-unsaturated/α-hetero) is 1. The molecule has 42 heavy (non-hydrogen) atoms. The van der Waals surface area contributed by atoms with Crippen molar-refractivity contribution >= 4 is 63.6 Å². The second-order valence-electron chi connectivity index (χ2n) is 9.84. The lowest BCUT2D eigenvalue weighted by atomic mass is 9.89. The Morgan fingerprint density at radius 2 is 1.95 bits per heavy atom. The quantitative estimate of drug-likeness (QED) is 0.124. The van der Waals surface area contributed by atoms with Gasteiger partial charge in [-0.1, -0.05) is 5.16 Å². The minimum atomic E-state index is -5.01. The van der Waals surface area contributed by atoms with Crippen molar-refractivity contribution in [2.24, 2.45) is 11.1 Å². The van der Waals surface area contributed by atoms with Crippen molar-refractivity contribution in [1.82, 2.24) is 24.1 Å². The monoisotopic (exact) mass is 629 g/mol. The number of β-lactam (4-membered cyclic amide) rings is 1. The molecule has 0 saturated carbocycles. The minimum Gasteiger partial charge on any atom is -0.477 e. The van der Waals surface area contributed by atoms with Gasteiger partial charge in [0, 0.05) is 48.9 Å². The first kappa shape index (κ1) is 29.5. The van der Waals surface area contributed by atoms with Gasteiger partial charge in [0.25, 0.3) is 0 Å². The standard InChI is InChI=1S/C23H22F3N7O7S2/c24-23(25,26)21(39)31-3-2-11(7-31)32-4-1-9(17(32)35)5-10-8-41-19-12(18(36)33(19)15(10)20(37)38)6-13(34)14(29-40)16-28-22(27)42-30-16/h5,11-12,19,40H,1-4,6-8H2,(H,37,38)(H2,27,28,30)/b9-5+,29-14+/t11-,12-,19-/m1/s1. The Morgan fingerprint density at radius 1 is 1.21 bits per heavy atom. The van der Waals surface area contributed by atoms with Crippen molar-refractivity contribution in [2.45, 2.75) is 36.9 Å². The molecule has 0 aliphatic carbocycles. The van der Waals surface area contributed by atoms with Gasteiger partial charge in [0.05, 0.1) is 17.3 Å². The highest BCUT2D eigenvalue weighted by atomic mass is 32.2. The van der Waals surface area contributed by atoms with Crippen LogP contribution in [0.2, 0.25) is 0 Å². The summed E-state index contributed by atoms with van der Waals surface area (Å²) >= 11 is 1.97. The number of nitrogens with zero attached hydrogens (tertiary/aromatic N) is 6. The van der Waals surface area contributed by atoms with E-state index in [1.807, 2.05) is 0 Å². The molecule has 3 atom stereocenters. The predicted molar refractivity (Wildman–Crippen MR) is 139 cm³/mol. The van der Waals surface area contributed by atoms with Gasteiger partial charge in [-0.2, -0.15) is 22.5 Å². The number of alkyl halides is 3. The van der Waals surface area contributed by atoms with Gasteiger partial charge < -0.3 is 25.8 Å². The molecule has 1 aromatic rings. The maximum atomic E-state index is 13.1. The highest BCUT2D eigenvalue weighted by Gasteiger charge is 2.54. The molecule has 0 radical (unpaired) electrons. The van der Waals surface area contributed by atoms with Gasteiger partial charge in [-0.05, 0) is 24.5 Å². The summed E-state index contributed by atoms with van der Waals surface area (Å²) in [6.07, 6.45) is -3.62. The number of anilines is 1. The third kappa shape index (κ3) is 5.21. The van der Waals surface area contributed by atoms with E-state index in [-0.39, 0.29) is 66.0 Å². The van der Waals surface area contributed by atoms with Crippen molar-refractivity contribution < 1.29 is 47.5 Å². The molecule has 0 spiro atoms. The molecular formula is C23H22F3N7O7S2. The molecule has 0 aromatic carbocycles. The number of halogens is 3. The summed E-state index contributed by atoms with van der Waals surface area (Å²) in [4.78, 5) is 69.6. The number of thioether (sulfide) groups is 1. The average molecular weight is 630 g/mol. The van der Waals surface area contributed by atoms with Gasteiger partial charge in [-0.15, -0.1) is 11.8 Å². The number of allylic oxidation sites excluding steroid dienone is 1. The van der Waals surface area contributed by atoms with Crippen molar-refractivity contribution in [1.29, 1.82) is 0 Å². The summed E-state index contributed by atoms with van der Waals surface area (Å²) in [7, 11) is 0. The Labute approximate surface area is 242 Å². The van der Waals surface area contributed by atoms with E-state index in [0.717, 1.165) is 16.4 Å². The van der Waals surface area contributed by atoms with Crippen molar-refractivity contribution in [3.63, 3.8) is 0 Å². The molecule has 5 heterocycles. The van der Waals surface area contributed by atoms with E-state index in [2.05, 4.69) is 14.5 Å². The van der Waals surface area contributed by atoms with Crippen LogP contribution in [-0.2, 0) is 24.0 Å². The number of hydrogen-bond donors (Lipinski definition) is 3. The van der Waals surface area contributed by atoms with E-state index < -0.39 is 65.1 Å². The number of fused-ring (bicyclic) bond motifs is 1. The number of likely N-dealkylation sites (tertiary alicyclic amines) is 2. The SMILES string of the molecule is Nc1nc(/C(=N/O)C(=O)C[C@@H]2C(=O)N3C(C(=O)O)=C(/C=C4\CCN([C@@H]5CCN(C(=O)C(F)(F)F)C5)C4=O)CS[C@H]23)ns1. The number of aromatic nitrogens is 2. The molecule has 224 valence electrons. The zero-order valence-corrected chi connectivity index (χ0v) is 23.0. The summed E-state index contributed by atoms with van der Waals surface area (Å²) in [6.45, 7) is -0.205. The maximum Gasteiger partial charge on any atom is 0.471 e. The van der Waals surface area contributed by atoms with E-state index in [9.17, 15) is 47.5 Å². The average Bonchev–Trinajstić information content (AvgIpc) is 3.67. The Kier molecular flexibility index (Phi) is 7.73. The molecule has 1 aromatic heterocycles. The van der Waals surface area contributed by atoms with Crippen LogP contribution in [0.15, 0.2) is 28.1 Å². The second-order valence-corrected chi connectivity index (χ2v) is 11.7. The Morgan fingerprint density at radius 3 is 2.57 bits per heavy atom. The Hall–Kier alpha value is -4.00. The molecule has 3 amide bonds. The molecule has 14 nitrogen and oxygen atoms in total. The van der Waals surface area contributed by atoms with E-state index in [0.29, 0.717) is 4.90 Å². The number of rotatable bonds is 7. The Balaban J connectivity index is 1.29. The number of ketones is 1. The van der Waals surface area contributed by atoms with E-state index in [1.54, 1.807) is 0 Å². The number of carbonyl (C=O) groups is 5. The summed E-state index contributed by atoms with van der Waals surface area (Å²) < 4.78 is 42.2. The number of oxime groups is 1. The van der Waals surface area contributed by atoms with Crippen LogP contribution in [0, 0.1) is 5.92 Å². The summed E-state index contributed by atoms with van der Waals surface area (Å²) in [5, 5.41) is 21.5. The second kappa shape index (κ2) is 11.0. The van der Waals surface area contributed by atoms with Crippen LogP contribution in [0.3, 0.4) is 0 Å². The molecule has 4 N–H and O–H groups in total. The van der Waals surface area contributed by atoms with Gasteiger partial charge in [0.1, 0.15) is 5.70 Å². The summed E-state index contributed by atoms with van der Waals surface area (Å²) in [6, 6.07) is -0.605. The number of carbonyl (C=O) groups excluding carboxylic acids is 4. The smallest absolute Gasteiger partial charge is 0.471 e. The first-order valence-electron chi connectivity index (χ1n) is 12.4. The number of carboxylic acid groups (broad SMARTS) is 1. The largest absolute Gasteiger partial charge is 0.477 e. The zero-order valence-electron chi connectivity index (χ0n) is 21.4. The number of carboxylic acids is 1. The lowest BCUT2D eigenvalue weighted by Gasteiger charge is -2.49. The van der Waals surface area contributed by atoms with Crippen molar-refractivity contribution in [2.75, 3.05) is 31.1 Å². The number of nitrogen functional groups attached to an aromatic ring is 1. The molecule has 3 fully saturated rings. The van der Waals surface area contributed by atoms with Gasteiger partial charge >= 0.3 is 18.1 Å². The van der Waals surface area contributed by atoms with Crippen LogP contribution in [0.25, 0.3) is 0 Å². The predicted octanol–water partition coefficient (Wildman–Crippen LogP) is 0.450. The first-order valence-corrected chi connectivity index (χ1v) is 14.3. The molecule has 4 aliphatic heterocycles. The van der Waals surface area contributed by atoms with Crippen LogP contribution in [0.5, 0.6) is 0 Å². The number of aliphatic carboxylic acids is 1. The molecular weight excluding hydrogens is 607 g/mol. The fourth-order valence-corrected chi connectivity index (χ4v) is 7.24. The van der Waals surface area contributed by atoms with Crippen molar-refractivity contribution in [3.8, 4) is 0 Å². The van der Waals surface area contributed by atoms with E-state index >= 15 is 0 Å². The van der Waals surface area contributed by atoms with Crippen LogP contribution >= 0.6 is 23.3 Å². The first-order chi connectivity index (χ1) is 19.8. The number of amides is 3. The molecule has 5 rings (SSSR count). The highest BCUT2D eigenvalue weighted by molar-refractivity contribution is 8.00. The van der Waals surface area contributed by atoms with Crippen LogP contribution in [0.4, 0.5) is 18.3 Å². The maximum absolute atomic E-state index is 13.1. The fourth-order valence-electron chi connectivity index (χ4n) is 5.43. The Bertz CT molecular complexity index is 1470. The van der Waals surface area contributed by atoms with Gasteiger partial charge in [0.15, 0.2) is 16.6 Å². The van der Waals surface area contributed by atoms with Gasteiger partial charge in [-0.25, -0.2) is 4.79 Å². The van der Waals surface area contributed by atoms with Crippen LogP contribution in [-0.4, -0.2) is 113 Å². The van der Waals surface area contributed by atoms with E-state index in [1.165, 1.54) is 22.7 Å². The van der Waals surface area contributed by atoms with Crippen LogP contribution in [0.1, 0.15) is 25.1 Å². The normalized spacial score (nSPS) is 25.8.